The van der Waals surface area contributed by atoms with Gasteiger partial charge in [-0.05, 0) is 64.5 Å². The molecule has 0 aromatic rings. The lowest BCUT2D eigenvalue weighted by Gasteiger charge is -2.36. The molecule has 0 bridgehead atoms. The highest BCUT2D eigenvalue weighted by Gasteiger charge is 2.31. The summed E-state index contributed by atoms with van der Waals surface area (Å²) < 4.78 is 5.97. The number of ether oxygens (including phenoxy) is 1. The van der Waals surface area contributed by atoms with Gasteiger partial charge in [0.25, 0.3) is 0 Å². The molecule has 0 aromatic heterocycles. The zero-order valence-electron chi connectivity index (χ0n) is 11.7. The van der Waals surface area contributed by atoms with Gasteiger partial charge in [-0.2, -0.15) is 0 Å². The van der Waals surface area contributed by atoms with Gasteiger partial charge in [-0.1, -0.05) is 0 Å². The SMILES string of the molecule is CC1CCC(CN2CCCC(C3CCCN3)C2)O1. The number of hydrogen-bond donors (Lipinski definition) is 1. The van der Waals surface area contributed by atoms with Gasteiger partial charge in [-0.15, -0.1) is 0 Å². The van der Waals surface area contributed by atoms with Crippen LogP contribution in [0, 0.1) is 5.92 Å². The quantitative estimate of drug-likeness (QED) is 0.831. The van der Waals surface area contributed by atoms with E-state index in [4.69, 9.17) is 4.74 Å². The smallest absolute Gasteiger partial charge is 0.0706 e. The Morgan fingerprint density at radius 1 is 1.17 bits per heavy atom. The first-order chi connectivity index (χ1) is 8.81. The lowest BCUT2D eigenvalue weighted by molar-refractivity contribution is 0.0197. The number of hydrogen-bond acceptors (Lipinski definition) is 3. The Morgan fingerprint density at radius 3 is 2.83 bits per heavy atom. The van der Waals surface area contributed by atoms with Crippen LogP contribution in [0.2, 0.25) is 0 Å². The second-order valence-corrected chi connectivity index (χ2v) is 6.51. The molecule has 0 radical (unpaired) electrons. The van der Waals surface area contributed by atoms with Crippen LogP contribution in [0.3, 0.4) is 0 Å². The van der Waals surface area contributed by atoms with Crippen molar-refractivity contribution in [2.75, 3.05) is 26.2 Å². The Bertz CT molecular complexity index is 265. The molecule has 0 aliphatic carbocycles. The Balaban J connectivity index is 1.47. The van der Waals surface area contributed by atoms with Crippen LogP contribution in [0.1, 0.15) is 45.4 Å². The minimum atomic E-state index is 0.493. The van der Waals surface area contributed by atoms with Crippen molar-refractivity contribution < 1.29 is 4.74 Å². The Morgan fingerprint density at radius 2 is 2.11 bits per heavy atom. The maximum atomic E-state index is 5.97. The van der Waals surface area contributed by atoms with Crippen LogP contribution in [0.5, 0.6) is 0 Å². The second-order valence-electron chi connectivity index (χ2n) is 6.51. The maximum Gasteiger partial charge on any atom is 0.0706 e. The molecule has 3 heteroatoms. The first kappa shape index (κ1) is 12.9. The number of rotatable bonds is 3. The molecular formula is C15H28N2O. The van der Waals surface area contributed by atoms with Crippen LogP contribution >= 0.6 is 0 Å². The first-order valence-electron chi connectivity index (χ1n) is 7.92. The summed E-state index contributed by atoms with van der Waals surface area (Å²) in [5.74, 6) is 0.889. The number of nitrogens with zero attached hydrogens (tertiary/aromatic N) is 1. The third-order valence-corrected chi connectivity index (χ3v) is 4.99. The van der Waals surface area contributed by atoms with E-state index in [0.29, 0.717) is 12.2 Å². The molecule has 3 heterocycles. The summed E-state index contributed by atoms with van der Waals surface area (Å²) in [5, 5.41) is 3.69. The number of likely N-dealkylation sites (tertiary alicyclic amines) is 1. The highest BCUT2D eigenvalue weighted by molar-refractivity contribution is 4.87. The van der Waals surface area contributed by atoms with Gasteiger partial charge in [0.15, 0.2) is 0 Å². The molecule has 3 saturated heterocycles. The molecule has 0 amide bonds. The predicted octanol–water partition coefficient (Wildman–Crippen LogP) is 2.02. The Hall–Kier alpha value is -0.120. The van der Waals surface area contributed by atoms with Gasteiger partial charge in [-0.3, -0.25) is 0 Å². The molecular weight excluding hydrogens is 224 g/mol. The van der Waals surface area contributed by atoms with Crippen molar-refractivity contribution in [3.63, 3.8) is 0 Å². The summed E-state index contributed by atoms with van der Waals surface area (Å²) in [6.07, 6.45) is 9.11. The molecule has 4 unspecified atom stereocenters. The normalized spacial score (nSPS) is 42.5. The van der Waals surface area contributed by atoms with Gasteiger partial charge in [0.1, 0.15) is 0 Å². The van der Waals surface area contributed by atoms with Crippen molar-refractivity contribution in [3.05, 3.63) is 0 Å². The molecule has 4 atom stereocenters. The van der Waals surface area contributed by atoms with Gasteiger partial charge in [-0.25, -0.2) is 0 Å². The van der Waals surface area contributed by atoms with Crippen LogP contribution in [0.15, 0.2) is 0 Å². The third kappa shape index (κ3) is 3.06. The Labute approximate surface area is 111 Å². The van der Waals surface area contributed by atoms with E-state index in [2.05, 4.69) is 17.1 Å². The molecule has 104 valence electrons. The van der Waals surface area contributed by atoms with Crippen molar-refractivity contribution in [1.82, 2.24) is 10.2 Å². The average molecular weight is 252 g/mol. The minimum Gasteiger partial charge on any atom is -0.374 e. The fraction of sp³-hybridized carbons (Fsp3) is 1.00. The van der Waals surface area contributed by atoms with E-state index in [-0.39, 0.29) is 0 Å². The van der Waals surface area contributed by atoms with E-state index >= 15 is 0 Å². The van der Waals surface area contributed by atoms with Crippen LogP contribution in [0.25, 0.3) is 0 Å². The largest absolute Gasteiger partial charge is 0.374 e. The van der Waals surface area contributed by atoms with Crippen LogP contribution < -0.4 is 5.32 Å². The molecule has 0 aromatic carbocycles. The van der Waals surface area contributed by atoms with Crippen molar-refractivity contribution in [1.29, 1.82) is 0 Å². The van der Waals surface area contributed by atoms with Crippen LogP contribution in [0.4, 0.5) is 0 Å². The fourth-order valence-corrected chi connectivity index (χ4v) is 4.01. The highest BCUT2D eigenvalue weighted by Crippen LogP contribution is 2.26. The second kappa shape index (κ2) is 5.89. The van der Waals surface area contributed by atoms with Gasteiger partial charge in [0.05, 0.1) is 12.2 Å². The lowest BCUT2D eigenvalue weighted by atomic mass is 9.89. The summed E-state index contributed by atoms with van der Waals surface area (Å²) in [7, 11) is 0. The fourth-order valence-electron chi connectivity index (χ4n) is 4.01. The van der Waals surface area contributed by atoms with Gasteiger partial charge in [0, 0.05) is 19.1 Å². The topological polar surface area (TPSA) is 24.5 Å². The van der Waals surface area contributed by atoms with E-state index in [1.165, 1.54) is 64.7 Å². The average Bonchev–Trinajstić information content (AvgIpc) is 3.01. The molecule has 0 spiro atoms. The maximum absolute atomic E-state index is 5.97. The summed E-state index contributed by atoms with van der Waals surface area (Å²) in [5.41, 5.74) is 0. The monoisotopic (exact) mass is 252 g/mol. The Kier molecular flexibility index (Phi) is 4.22. The summed E-state index contributed by atoms with van der Waals surface area (Å²) in [4.78, 5) is 2.66. The van der Waals surface area contributed by atoms with Crippen molar-refractivity contribution in [2.24, 2.45) is 5.92 Å². The van der Waals surface area contributed by atoms with E-state index in [0.717, 1.165) is 12.0 Å². The van der Waals surface area contributed by atoms with E-state index in [9.17, 15) is 0 Å². The summed E-state index contributed by atoms with van der Waals surface area (Å²) in [6.45, 7) is 7.21. The van der Waals surface area contributed by atoms with Crippen molar-refractivity contribution in [3.8, 4) is 0 Å². The molecule has 3 aliphatic heterocycles. The predicted molar refractivity (Wildman–Crippen MR) is 73.8 cm³/mol. The van der Waals surface area contributed by atoms with E-state index in [1.807, 2.05) is 0 Å². The zero-order chi connectivity index (χ0) is 12.4. The summed E-state index contributed by atoms with van der Waals surface area (Å²) >= 11 is 0. The van der Waals surface area contributed by atoms with Crippen LogP contribution in [-0.4, -0.2) is 49.3 Å². The molecule has 3 rings (SSSR count). The molecule has 0 saturated carbocycles. The molecule has 18 heavy (non-hydrogen) atoms. The van der Waals surface area contributed by atoms with Crippen molar-refractivity contribution >= 4 is 0 Å². The zero-order valence-corrected chi connectivity index (χ0v) is 11.7. The molecule has 3 aliphatic rings. The van der Waals surface area contributed by atoms with Gasteiger partial charge in [0.2, 0.25) is 0 Å². The lowest BCUT2D eigenvalue weighted by Crippen LogP contribution is -2.45. The minimum absolute atomic E-state index is 0.493. The first-order valence-corrected chi connectivity index (χ1v) is 7.92. The van der Waals surface area contributed by atoms with E-state index in [1.54, 1.807) is 0 Å². The molecule has 1 N–H and O–H groups in total. The third-order valence-electron chi connectivity index (χ3n) is 4.99. The number of piperidine rings is 1. The highest BCUT2D eigenvalue weighted by atomic mass is 16.5. The van der Waals surface area contributed by atoms with E-state index < -0.39 is 0 Å². The standard InChI is InChI=1S/C15H28N2O/c1-12-6-7-14(18-12)11-17-9-3-4-13(10-17)15-5-2-8-16-15/h12-16H,2-11H2,1H3. The molecule has 3 fully saturated rings. The number of nitrogens with one attached hydrogen (secondary N) is 1. The van der Waals surface area contributed by atoms with Crippen LogP contribution in [-0.2, 0) is 4.74 Å². The van der Waals surface area contributed by atoms with Gasteiger partial charge < -0.3 is 15.0 Å². The van der Waals surface area contributed by atoms with Crippen molar-refractivity contribution in [2.45, 2.75) is 63.7 Å². The van der Waals surface area contributed by atoms with Gasteiger partial charge >= 0.3 is 0 Å². The molecule has 3 nitrogen and oxygen atoms in total. The summed E-state index contributed by atoms with van der Waals surface area (Å²) in [6, 6.07) is 0.802.